The predicted octanol–water partition coefficient (Wildman–Crippen LogP) is 1.33. The van der Waals surface area contributed by atoms with E-state index in [-0.39, 0.29) is 22.5 Å². The third-order valence-electron chi connectivity index (χ3n) is 2.40. The second-order valence-electron chi connectivity index (χ2n) is 4.02. The van der Waals surface area contributed by atoms with Crippen LogP contribution in [0.2, 0.25) is 0 Å². The van der Waals surface area contributed by atoms with Crippen LogP contribution in [0.3, 0.4) is 0 Å². The zero-order valence-electron chi connectivity index (χ0n) is 11.2. The van der Waals surface area contributed by atoms with Gasteiger partial charge in [0.05, 0.1) is 7.11 Å². The van der Waals surface area contributed by atoms with Crippen molar-refractivity contribution in [3.63, 3.8) is 0 Å². The van der Waals surface area contributed by atoms with Gasteiger partial charge in [-0.2, -0.15) is 4.98 Å². The maximum Gasteiger partial charge on any atom is 0.267 e. The number of halogens is 1. The van der Waals surface area contributed by atoms with Gasteiger partial charge in [0.15, 0.2) is 0 Å². The van der Waals surface area contributed by atoms with E-state index in [2.05, 4.69) is 35.6 Å². The van der Waals surface area contributed by atoms with E-state index >= 15 is 0 Å². The van der Waals surface area contributed by atoms with Crippen molar-refractivity contribution in [2.75, 3.05) is 17.6 Å². The van der Waals surface area contributed by atoms with E-state index in [0.717, 1.165) is 0 Å². The first-order valence-corrected chi connectivity index (χ1v) is 7.93. The van der Waals surface area contributed by atoms with Crippen LogP contribution < -0.4 is 15.2 Å². The van der Waals surface area contributed by atoms with Gasteiger partial charge in [0, 0.05) is 22.4 Å². The Morgan fingerprint density at radius 1 is 1.33 bits per heavy atom. The molecule has 10 heteroatoms. The van der Waals surface area contributed by atoms with Gasteiger partial charge >= 0.3 is 0 Å². The molecule has 0 fully saturated rings. The summed E-state index contributed by atoms with van der Waals surface area (Å²) in [5, 5.41) is 0. The molecule has 0 radical (unpaired) electrons. The first-order chi connectivity index (χ1) is 9.81. The molecule has 0 amide bonds. The zero-order valence-corrected chi connectivity index (χ0v) is 13.6. The fraction of sp³-hybridized carbons (Fsp3) is 0.182. The molecule has 3 N–H and O–H groups in total. The van der Waals surface area contributed by atoms with Crippen molar-refractivity contribution in [1.82, 2.24) is 15.0 Å². The highest BCUT2D eigenvalue weighted by molar-refractivity contribution is 9.10. The number of nitrogens with one attached hydrogen (secondary N) is 1. The number of rotatable bonds is 4. The van der Waals surface area contributed by atoms with E-state index in [1.54, 1.807) is 13.0 Å². The lowest BCUT2D eigenvalue weighted by Gasteiger charge is -2.10. The minimum absolute atomic E-state index is 0.105. The van der Waals surface area contributed by atoms with Crippen molar-refractivity contribution >= 4 is 37.7 Å². The molecule has 2 heterocycles. The van der Waals surface area contributed by atoms with E-state index in [1.807, 2.05) is 0 Å². The van der Waals surface area contributed by atoms with E-state index in [0.29, 0.717) is 10.2 Å². The molecule has 0 saturated heterocycles. The summed E-state index contributed by atoms with van der Waals surface area (Å²) in [7, 11) is -2.53. The Balaban J connectivity index is 2.42. The number of nitrogen functional groups attached to an aromatic ring is 1. The number of anilines is 2. The smallest absolute Gasteiger partial charge is 0.267 e. The minimum atomic E-state index is -3.96. The van der Waals surface area contributed by atoms with Crippen LogP contribution in [0.5, 0.6) is 5.88 Å². The summed E-state index contributed by atoms with van der Waals surface area (Å²) >= 11 is 3.15. The van der Waals surface area contributed by atoms with E-state index < -0.39 is 10.0 Å². The largest absolute Gasteiger partial charge is 0.481 e. The topological polar surface area (TPSA) is 120 Å². The maximum absolute atomic E-state index is 12.3. The van der Waals surface area contributed by atoms with Gasteiger partial charge in [-0.25, -0.2) is 23.1 Å². The van der Waals surface area contributed by atoms with Crippen molar-refractivity contribution in [2.24, 2.45) is 0 Å². The molecule has 2 rings (SSSR count). The van der Waals surface area contributed by atoms with Crippen LogP contribution in [-0.2, 0) is 10.0 Å². The summed E-state index contributed by atoms with van der Waals surface area (Å²) in [6.07, 6.45) is 1.40. The van der Waals surface area contributed by atoms with Crippen LogP contribution in [0.25, 0.3) is 0 Å². The SMILES string of the molecule is COc1cc(C)nc(NS(=O)(=O)c2cc(Br)cnc2N)n1. The van der Waals surface area contributed by atoms with Crippen LogP contribution >= 0.6 is 15.9 Å². The molecular formula is C11H12BrN5O3S. The molecule has 0 aromatic carbocycles. The van der Waals surface area contributed by atoms with E-state index in [9.17, 15) is 8.42 Å². The number of nitrogens with zero attached hydrogens (tertiary/aromatic N) is 3. The molecule has 0 aliphatic heterocycles. The molecule has 2 aromatic rings. The molecule has 0 bridgehead atoms. The first kappa shape index (κ1) is 15.4. The second kappa shape index (κ2) is 5.82. The number of pyridine rings is 1. The van der Waals surface area contributed by atoms with Crippen LogP contribution in [0.4, 0.5) is 11.8 Å². The van der Waals surface area contributed by atoms with E-state index in [1.165, 1.54) is 19.4 Å². The number of hydrogen-bond acceptors (Lipinski definition) is 7. The Morgan fingerprint density at radius 3 is 2.71 bits per heavy atom. The Kier molecular flexibility index (Phi) is 4.28. The van der Waals surface area contributed by atoms with Gasteiger partial charge < -0.3 is 10.5 Å². The van der Waals surface area contributed by atoms with Crippen LogP contribution in [0.15, 0.2) is 27.7 Å². The van der Waals surface area contributed by atoms with Gasteiger partial charge in [0.2, 0.25) is 11.8 Å². The van der Waals surface area contributed by atoms with Crippen molar-refractivity contribution < 1.29 is 13.2 Å². The normalized spacial score (nSPS) is 11.2. The average molecular weight is 374 g/mol. The average Bonchev–Trinajstić information content (AvgIpc) is 2.40. The number of sulfonamides is 1. The summed E-state index contributed by atoms with van der Waals surface area (Å²) < 4.78 is 32.3. The molecule has 21 heavy (non-hydrogen) atoms. The first-order valence-electron chi connectivity index (χ1n) is 5.65. The summed E-state index contributed by atoms with van der Waals surface area (Å²) in [6.45, 7) is 1.69. The molecule has 0 atom stereocenters. The quantitative estimate of drug-likeness (QED) is 0.828. The minimum Gasteiger partial charge on any atom is -0.481 e. The lowest BCUT2D eigenvalue weighted by molar-refractivity contribution is 0.397. The predicted molar refractivity (Wildman–Crippen MR) is 80.5 cm³/mol. The number of aryl methyl sites for hydroxylation is 1. The second-order valence-corrected chi connectivity index (χ2v) is 6.58. The number of hydrogen-bond donors (Lipinski definition) is 2. The molecule has 0 unspecified atom stereocenters. The monoisotopic (exact) mass is 373 g/mol. The van der Waals surface area contributed by atoms with Gasteiger partial charge in [0.25, 0.3) is 10.0 Å². The van der Waals surface area contributed by atoms with Crippen molar-refractivity contribution in [3.8, 4) is 5.88 Å². The molecule has 8 nitrogen and oxygen atoms in total. The molecular weight excluding hydrogens is 362 g/mol. The van der Waals surface area contributed by atoms with Crippen molar-refractivity contribution in [1.29, 1.82) is 0 Å². The lowest BCUT2D eigenvalue weighted by Crippen LogP contribution is -2.17. The maximum atomic E-state index is 12.3. The van der Waals surface area contributed by atoms with Gasteiger partial charge in [-0.3, -0.25) is 0 Å². The Bertz CT molecular complexity index is 781. The highest BCUT2D eigenvalue weighted by atomic mass is 79.9. The highest BCUT2D eigenvalue weighted by Gasteiger charge is 2.20. The number of nitrogens with two attached hydrogens (primary N) is 1. The molecule has 112 valence electrons. The lowest BCUT2D eigenvalue weighted by atomic mass is 10.4. The van der Waals surface area contributed by atoms with Gasteiger partial charge in [-0.1, -0.05) is 0 Å². The molecule has 0 aliphatic rings. The Hall–Kier alpha value is -1.94. The van der Waals surface area contributed by atoms with Gasteiger partial charge in [0.1, 0.15) is 10.7 Å². The fourth-order valence-corrected chi connectivity index (χ4v) is 3.05. The number of aromatic nitrogens is 3. The van der Waals surface area contributed by atoms with Crippen LogP contribution in [0, 0.1) is 6.92 Å². The number of ether oxygens (including phenoxy) is 1. The summed E-state index contributed by atoms with van der Waals surface area (Å²) in [4.78, 5) is 11.5. The third kappa shape index (κ3) is 3.58. The molecule has 0 aliphatic carbocycles. The van der Waals surface area contributed by atoms with Gasteiger partial charge in [-0.15, -0.1) is 0 Å². The van der Waals surface area contributed by atoms with Crippen LogP contribution in [0.1, 0.15) is 5.69 Å². The number of methoxy groups -OCH3 is 1. The summed E-state index contributed by atoms with van der Waals surface area (Å²) in [5.74, 6) is 0.0251. The fourth-order valence-electron chi connectivity index (χ4n) is 1.51. The highest BCUT2D eigenvalue weighted by Crippen LogP contribution is 2.22. The van der Waals surface area contributed by atoms with Crippen molar-refractivity contribution in [3.05, 3.63) is 28.5 Å². The van der Waals surface area contributed by atoms with Crippen molar-refractivity contribution in [2.45, 2.75) is 11.8 Å². The third-order valence-corrected chi connectivity index (χ3v) is 4.19. The molecule has 0 saturated carbocycles. The summed E-state index contributed by atoms with van der Waals surface area (Å²) in [6, 6.07) is 2.92. The van der Waals surface area contributed by atoms with Gasteiger partial charge in [-0.05, 0) is 28.9 Å². The molecule has 0 spiro atoms. The van der Waals surface area contributed by atoms with E-state index in [4.69, 9.17) is 10.5 Å². The standard InChI is InChI=1S/C11H12BrN5O3S/c1-6-3-9(20-2)16-11(15-6)17-21(18,19)8-4-7(12)5-14-10(8)13/h3-5H,1-2H3,(H2,13,14)(H,15,16,17). The Labute approximate surface area is 130 Å². The summed E-state index contributed by atoms with van der Waals surface area (Å²) in [5.41, 5.74) is 6.15. The zero-order chi connectivity index (χ0) is 15.6. The van der Waals surface area contributed by atoms with Crippen LogP contribution in [-0.4, -0.2) is 30.5 Å². The Morgan fingerprint density at radius 2 is 2.05 bits per heavy atom. The molecule has 2 aromatic heterocycles.